The van der Waals surface area contributed by atoms with Crippen molar-refractivity contribution in [2.45, 2.75) is 13.5 Å². The second-order valence-corrected chi connectivity index (χ2v) is 3.64. The van der Waals surface area contributed by atoms with E-state index in [1.807, 2.05) is 0 Å². The van der Waals surface area contributed by atoms with E-state index < -0.39 is 0 Å². The van der Waals surface area contributed by atoms with E-state index in [4.69, 9.17) is 4.42 Å². The Hall–Kier alpha value is -2.37. The lowest BCUT2D eigenvalue weighted by Gasteiger charge is -2.04. The number of benzene rings is 1. The maximum absolute atomic E-state index is 11.2. The number of nitrogens with zero attached hydrogens (tertiary/aromatic N) is 2. The van der Waals surface area contributed by atoms with E-state index in [0.717, 1.165) is 5.69 Å². The predicted octanol–water partition coefficient (Wildman–Crippen LogP) is 1.78. The van der Waals surface area contributed by atoms with E-state index in [-0.39, 0.29) is 5.97 Å². The number of hydrogen-bond donors (Lipinski definition) is 1. The number of aryl methyl sites for hydroxylation is 1. The summed E-state index contributed by atoms with van der Waals surface area (Å²) < 4.78 is 9.84. The second-order valence-electron chi connectivity index (χ2n) is 3.64. The Morgan fingerprint density at radius 2 is 2.06 bits per heavy atom. The molecule has 0 amide bonds. The summed E-state index contributed by atoms with van der Waals surface area (Å²) in [5, 5.41) is 10.7. The fourth-order valence-corrected chi connectivity index (χ4v) is 1.43. The van der Waals surface area contributed by atoms with Crippen LogP contribution < -0.4 is 5.32 Å². The molecule has 1 aromatic carbocycles. The Morgan fingerprint density at radius 1 is 1.33 bits per heavy atom. The first kappa shape index (κ1) is 12.1. The Kier molecular flexibility index (Phi) is 3.57. The van der Waals surface area contributed by atoms with Crippen molar-refractivity contribution < 1.29 is 13.9 Å². The first-order chi connectivity index (χ1) is 8.69. The van der Waals surface area contributed by atoms with Crippen LogP contribution in [0.15, 0.2) is 28.7 Å². The molecule has 1 heterocycles. The van der Waals surface area contributed by atoms with Gasteiger partial charge in [0.05, 0.1) is 19.2 Å². The summed E-state index contributed by atoms with van der Waals surface area (Å²) in [5.41, 5.74) is 1.37. The first-order valence-corrected chi connectivity index (χ1v) is 5.40. The van der Waals surface area contributed by atoms with E-state index in [1.165, 1.54) is 7.11 Å². The molecule has 1 N–H and O–H groups in total. The van der Waals surface area contributed by atoms with E-state index in [9.17, 15) is 4.79 Å². The van der Waals surface area contributed by atoms with Crippen molar-refractivity contribution in [1.82, 2.24) is 10.2 Å². The summed E-state index contributed by atoms with van der Waals surface area (Å²) >= 11 is 0. The molecule has 0 fully saturated rings. The monoisotopic (exact) mass is 247 g/mol. The zero-order chi connectivity index (χ0) is 13.0. The largest absolute Gasteiger partial charge is 0.465 e. The molecule has 0 spiro atoms. The minimum Gasteiger partial charge on any atom is -0.465 e. The first-order valence-electron chi connectivity index (χ1n) is 5.40. The van der Waals surface area contributed by atoms with Crippen molar-refractivity contribution in [2.24, 2.45) is 0 Å². The third kappa shape index (κ3) is 2.85. The van der Waals surface area contributed by atoms with Gasteiger partial charge in [0.25, 0.3) is 0 Å². The summed E-state index contributed by atoms with van der Waals surface area (Å²) in [6.07, 6.45) is 0. The van der Waals surface area contributed by atoms with Gasteiger partial charge in [-0.15, -0.1) is 10.2 Å². The number of carbonyl (C=O) groups is 1. The maximum Gasteiger partial charge on any atom is 0.337 e. The van der Waals surface area contributed by atoms with Crippen molar-refractivity contribution in [3.05, 3.63) is 41.6 Å². The Morgan fingerprint density at radius 3 is 2.61 bits per heavy atom. The number of nitrogens with one attached hydrogen (secondary N) is 1. The van der Waals surface area contributed by atoms with Crippen LogP contribution in [-0.4, -0.2) is 23.3 Å². The SMILES string of the molecule is COC(=O)c1ccc(NCc2nnc(C)o2)cc1. The smallest absolute Gasteiger partial charge is 0.337 e. The fourth-order valence-electron chi connectivity index (χ4n) is 1.43. The van der Waals surface area contributed by atoms with Crippen LogP contribution in [0.5, 0.6) is 0 Å². The summed E-state index contributed by atoms with van der Waals surface area (Å²) in [6, 6.07) is 6.95. The molecule has 2 rings (SSSR count). The van der Waals surface area contributed by atoms with Gasteiger partial charge in [-0.25, -0.2) is 4.79 Å². The molecule has 0 aliphatic rings. The third-order valence-electron chi connectivity index (χ3n) is 2.32. The zero-order valence-corrected chi connectivity index (χ0v) is 10.1. The van der Waals surface area contributed by atoms with Crippen LogP contribution in [0.1, 0.15) is 22.1 Å². The van der Waals surface area contributed by atoms with E-state index in [1.54, 1.807) is 31.2 Å². The number of anilines is 1. The Bertz CT molecular complexity index is 534. The average molecular weight is 247 g/mol. The molecule has 0 radical (unpaired) electrons. The topological polar surface area (TPSA) is 77.2 Å². The molecule has 18 heavy (non-hydrogen) atoms. The molecule has 0 aliphatic heterocycles. The maximum atomic E-state index is 11.2. The average Bonchev–Trinajstić information content (AvgIpc) is 2.82. The highest BCUT2D eigenvalue weighted by Gasteiger charge is 2.05. The van der Waals surface area contributed by atoms with Crippen LogP contribution in [0.4, 0.5) is 5.69 Å². The van der Waals surface area contributed by atoms with Gasteiger partial charge in [0, 0.05) is 12.6 Å². The molecule has 6 heteroatoms. The van der Waals surface area contributed by atoms with E-state index in [2.05, 4.69) is 20.3 Å². The number of aromatic nitrogens is 2. The molecule has 94 valence electrons. The van der Waals surface area contributed by atoms with Crippen LogP contribution in [-0.2, 0) is 11.3 Å². The van der Waals surface area contributed by atoms with Crippen molar-refractivity contribution >= 4 is 11.7 Å². The van der Waals surface area contributed by atoms with Crippen molar-refractivity contribution in [2.75, 3.05) is 12.4 Å². The van der Waals surface area contributed by atoms with E-state index >= 15 is 0 Å². The minimum absolute atomic E-state index is 0.353. The van der Waals surface area contributed by atoms with Gasteiger partial charge >= 0.3 is 5.97 Å². The van der Waals surface area contributed by atoms with Gasteiger partial charge < -0.3 is 14.5 Å². The number of carbonyl (C=O) groups excluding carboxylic acids is 1. The standard InChI is InChI=1S/C12H13N3O3/c1-8-14-15-11(18-8)7-13-10-5-3-9(4-6-10)12(16)17-2/h3-6,13H,7H2,1-2H3. The highest BCUT2D eigenvalue weighted by Crippen LogP contribution is 2.11. The second kappa shape index (κ2) is 5.31. The summed E-state index contributed by atoms with van der Waals surface area (Å²) in [5.74, 6) is 0.700. The normalized spacial score (nSPS) is 10.1. The molecule has 0 bridgehead atoms. The van der Waals surface area contributed by atoms with Gasteiger partial charge in [-0.05, 0) is 24.3 Å². The van der Waals surface area contributed by atoms with Crippen molar-refractivity contribution in [1.29, 1.82) is 0 Å². The number of rotatable bonds is 4. The molecule has 0 atom stereocenters. The highest BCUT2D eigenvalue weighted by molar-refractivity contribution is 5.89. The number of esters is 1. The molecule has 2 aromatic rings. The lowest BCUT2D eigenvalue weighted by Crippen LogP contribution is -2.02. The van der Waals surface area contributed by atoms with Gasteiger partial charge in [-0.1, -0.05) is 0 Å². The summed E-state index contributed by atoms with van der Waals surface area (Å²) in [7, 11) is 1.35. The molecule has 0 saturated carbocycles. The summed E-state index contributed by atoms with van der Waals surface area (Å²) in [4.78, 5) is 11.2. The molecule has 0 unspecified atom stereocenters. The van der Waals surface area contributed by atoms with Gasteiger partial charge in [0.15, 0.2) is 0 Å². The highest BCUT2D eigenvalue weighted by atomic mass is 16.5. The van der Waals surface area contributed by atoms with Crippen molar-refractivity contribution in [3.8, 4) is 0 Å². The zero-order valence-electron chi connectivity index (χ0n) is 10.1. The quantitative estimate of drug-likeness (QED) is 0.830. The number of hydrogen-bond acceptors (Lipinski definition) is 6. The minimum atomic E-state index is -0.353. The van der Waals surface area contributed by atoms with E-state index in [0.29, 0.717) is 23.9 Å². The van der Waals surface area contributed by atoms with Crippen LogP contribution in [0.25, 0.3) is 0 Å². The Balaban J connectivity index is 1.96. The van der Waals surface area contributed by atoms with Crippen LogP contribution >= 0.6 is 0 Å². The lowest BCUT2D eigenvalue weighted by atomic mass is 10.2. The van der Waals surface area contributed by atoms with Crippen molar-refractivity contribution in [3.63, 3.8) is 0 Å². The Labute approximate surface area is 104 Å². The van der Waals surface area contributed by atoms with Crippen LogP contribution in [0, 0.1) is 6.92 Å². The molecule has 0 aliphatic carbocycles. The number of methoxy groups -OCH3 is 1. The molecular weight excluding hydrogens is 234 g/mol. The van der Waals surface area contributed by atoms with Crippen LogP contribution in [0.2, 0.25) is 0 Å². The van der Waals surface area contributed by atoms with Crippen LogP contribution in [0.3, 0.4) is 0 Å². The fraction of sp³-hybridized carbons (Fsp3) is 0.250. The van der Waals surface area contributed by atoms with Gasteiger partial charge in [-0.2, -0.15) is 0 Å². The molecular formula is C12H13N3O3. The molecule has 1 aromatic heterocycles. The lowest BCUT2D eigenvalue weighted by molar-refractivity contribution is 0.0601. The van der Waals surface area contributed by atoms with Gasteiger partial charge in [-0.3, -0.25) is 0 Å². The molecule has 0 saturated heterocycles. The van der Waals surface area contributed by atoms with Gasteiger partial charge in [0.1, 0.15) is 0 Å². The third-order valence-corrected chi connectivity index (χ3v) is 2.32. The number of ether oxygens (including phenoxy) is 1. The van der Waals surface area contributed by atoms with Gasteiger partial charge in [0.2, 0.25) is 11.8 Å². The predicted molar refractivity (Wildman–Crippen MR) is 64.1 cm³/mol. The molecule has 6 nitrogen and oxygen atoms in total. The summed E-state index contributed by atoms with van der Waals surface area (Å²) in [6.45, 7) is 2.18.